The Kier molecular flexibility index (Phi) is 6.29. The smallest absolute Gasteiger partial charge is 0.123 e. The van der Waals surface area contributed by atoms with Gasteiger partial charge in [0.05, 0.1) is 11.5 Å². The zero-order valence-electron chi connectivity index (χ0n) is 11.7. The zero-order chi connectivity index (χ0) is 14.9. The van der Waals surface area contributed by atoms with Gasteiger partial charge in [-0.05, 0) is 30.2 Å². The minimum Gasteiger partial charge on any atom is -0.488 e. The summed E-state index contributed by atoms with van der Waals surface area (Å²) < 4.78 is 5.83. The van der Waals surface area contributed by atoms with Gasteiger partial charge < -0.3 is 14.9 Å². The summed E-state index contributed by atoms with van der Waals surface area (Å²) in [6.45, 7) is 0.703. The quantitative estimate of drug-likeness (QED) is 0.806. The summed E-state index contributed by atoms with van der Waals surface area (Å²) in [4.78, 5) is 2.08. The van der Waals surface area contributed by atoms with Crippen LogP contribution in [0.25, 0.3) is 0 Å². The highest BCUT2D eigenvalue weighted by Crippen LogP contribution is 2.22. The predicted octanol–water partition coefficient (Wildman–Crippen LogP) is 2.60. The van der Waals surface area contributed by atoms with Crippen molar-refractivity contribution in [3.05, 3.63) is 51.7 Å². The van der Waals surface area contributed by atoms with Gasteiger partial charge in [-0.3, -0.25) is 0 Å². The number of rotatable bonds is 6. The Balaban J connectivity index is 1.96. The monoisotopic (exact) mass is 302 g/mol. The lowest BCUT2D eigenvalue weighted by Gasteiger charge is -2.09. The molecule has 2 rings (SSSR count). The van der Waals surface area contributed by atoms with Gasteiger partial charge in [-0.25, -0.2) is 0 Å². The maximum Gasteiger partial charge on any atom is 0.123 e. The van der Waals surface area contributed by atoms with E-state index in [0.717, 1.165) is 21.1 Å². The predicted molar refractivity (Wildman–Crippen MR) is 84.5 cm³/mol. The molecule has 0 fully saturated rings. The number of ether oxygens (including phenoxy) is 1. The van der Waals surface area contributed by atoms with Crippen molar-refractivity contribution < 1.29 is 14.9 Å². The first-order chi connectivity index (χ1) is 10.3. The molecule has 4 heteroatoms. The number of aliphatic hydroxyl groups is 2. The average Bonchev–Trinajstić information content (AvgIpc) is 2.95. The summed E-state index contributed by atoms with van der Waals surface area (Å²) in [5.74, 6) is 6.73. The third kappa shape index (κ3) is 4.91. The zero-order valence-corrected chi connectivity index (χ0v) is 12.5. The van der Waals surface area contributed by atoms with Crippen LogP contribution in [-0.4, -0.2) is 23.4 Å². The number of thiophene rings is 1. The molecule has 0 aliphatic carbocycles. The fraction of sp³-hybridized carbons (Fsp3) is 0.294. The lowest BCUT2D eigenvalue weighted by molar-refractivity contribution is 0.285. The van der Waals surface area contributed by atoms with Crippen molar-refractivity contribution in [1.29, 1.82) is 0 Å². The highest BCUT2D eigenvalue weighted by atomic mass is 32.1. The molecule has 0 spiro atoms. The number of hydrogen-bond acceptors (Lipinski definition) is 4. The van der Waals surface area contributed by atoms with Crippen molar-refractivity contribution in [3.8, 4) is 17.6 Å². The molecule has 0 aliphatic rings. The molecule has 0 bridgehead atoms. The van der Waals surface area contributed by atoms with Crippen LogP contribution in [0.4, 0.5) is 0 Å². The molecule has 0 unspecified atom stereocenters. The fourth-order valence-corrected chi connectivity index (χ4v) is 2.64. The van der Waals surface area contributed by atoms with Gasteiger partial charge in [0.2, 0.25) is 0 Å². The Bertz CT molecular complexity index is 622. The molecule has 0 atom stereocenters. The second kappa shape index (κ2) is 8.48. The summed E-state index contributed by atoms with van der Waals surface area (Å²) in [5, 5.41) is 17.7. The number of aliphatic hydroxyl groups excluding tert-OH is 2. The van der Waals surface area contributed by atoms with Gasteiger partial charge in [-0.1, -0.05) is 30.0 Å². The second-order valence-electron chi connectivity index (χ2n) is 4.41. The second-order valence-corrected chi connectivity index (χ2v) is 5.58. The molecule has 2 N–H and O–H groups in total. The van der Waals surface area contributed by atoms with E-state index in [1.54, 1.807) is 11.3 Å². The molecule has 1 aromatic carbocycles. The standard InChI is InChI=1S/C17H18O3S/c18-11-4-3-6-15-8-9-16(21-15)13-20-17-7-2-1-5-14(17)10-12-19/h1-2,5,7-9,18-19H,4,10-13H2. The van der Waals surface area contributed by atoms with E-state index < -0.39 is 0 Å². The highest BCUT2D eigenvalue weighted by Gasteiger charge is 2.04. The first kappa shape index (κ1) is 15.6. The van der Waals surface area contributed by atoms with Crippen LogP contribution in [0.15, 0.2) is 36.4 Å². The summed E-state index contributed by atoms with van der Waals surface area (Å²) >= 11 is 1.59. The van der Waals surface area contributed by atoms with Crippen LogP contribution in [0, 0.1) is 11.8 Å². The normalized spacial score (nSPS) is 10.0. The third-order valence-corrected chi connectivity index (χ3v) is 3.81. The number of para-hydroxylation sites is 1. The average molecular weight is 302 g/mol. The van der Waals surface area contributed by atoms with Gasteiger partial charge >= 0.3 is 0 Å². The Morgan fingerprint density at radius 3 is 2.71 bits per heavy atom. The van der Waals surface area contributed by atoms with Crippen LogP contribution in [0.5, 0.6) is 5.75 Å². The fourth-order valence-electron chi connectivity index (χ4n) is 1.85. The maximum atomic E-state index is 9.05. The van der Waals surface area contributed by atoms with Crippen molar-refractivity contribution in [2.75, 3.05) is 13.2 Å². The molecular weight excluding hydrogens is 284 g/mol. The SMILES string of the molecule is OCCC#Cc1ccc(COc2ccccc2CCO)s1. The first-order valence-corrected chi connectivity index (χ1v) is 7.65. The minimum atomic E-state index is 0.0932. The van der Waals surface area contributed by atoms with E-state index in [-0.39, 0.29) is 13.2 Å². The van der Waals surface area contributed by atoms with Crippen molar-refractivity contribution in [2.45, 2.75) is 19.4 Å². The van der Waals surface area contributed by atoms with Gasteiger partial charge in [0.1, 0.15) is 12.4 Å². The number of hydrogen-bond donors (Lipinski definition) is 2. The third-order valence-electron chi connectivity index (χ3n) is 2.83. The summed E-state index contributed by atoms with van der Waals surface area (Å²) in [7, 11) is 0. The van der Waals surface area contributed by atoms with Crippen LogP contribution in [0.2, 0.25) is 0 Å². The van der Waals surface area contributed by atoms with Gasteiger partial charge in [-0.15, -0.1) is 11.3 Å². The van der Waals surface area contributed by atoms with Gasteiger partial charge in [0.25, 0.3) is 0 Å². The molecule has 3 nitrogen and oxygen atoms in total. The molecule has 0 saturated heterocycles. The van der Waals surface area contributed by atoms with Crippen LogP contribution in [-0.2, 0) is 13.0 Å². The number of benzene rings is 1. The van der Waals surface area contributed by atoms with Gasteiger partial charge in [-0.2, -0.15) is 0 Å². The van der Waals surface area contributed by atoms with Gasteiger partial charge in [0, 0.05) is 17.9 Å². The van der Waals surface area contributed by atoms with E-state index in [4.69, 9.17) is 14.9 Å². The molecule has 0 saturated carbocycles. The maximum absolute atomic E-state index is 9.05. The van der Waals surface area contributed by atoms with Crippen molar-refractivity contribution in [3.63, 3.8) is 0 Å². The molecular formula is C17H18O3S. The van der Waals surface area contributed by atoms with Crippen LogP contribution < -0.4 is 4.74 Å². The first-order valence-electron chi connectivity index (χ1n) is 6.83. The molecule has 1 aromatic heterocycles. The Hall–Kier alpha value is -1.80. The molecule has 1 heterocycles. The highest BCUT2D eigenvalue weighted by molar-refractivity contribution is 7.12. The van der Waals surface area contributed by atoms with E-state index in [0.29, 0.717) is 19.4 Å². The lowest BCUT2D eigenvalue weighted by Crippen LogP contribution is -1.98. The minimum absolute atomic E-state index is 0.0932. The van der Waals surface area contributed by atoms with E-state index >= 15 is 0 Å². The summed E-state index contributed by atoms with van der Waals surface area (Å²) in [6.07, 6.45) is 1.09. The summed E-state index contributed by atoms with van der Waals surface area (Å²) in [6, 6.07) is 11.7. The molecule has 21 heavy (non-hydrogen) atoms. The van der Waals surface area contributed by atoms with Crippen LogP contribution in [0.3, 0.4) is 0 Å². The van der Waals surface area contributed by atoms with Crippen molar-refractivity contribution in [2.24, 2.45) is 0 Å². The molecule has 0 amide bonds. The van der Waals surface area contributed by atoms with Gasteiger partial charge in [0.15, 0.2) is 0 Å². The van der Waals surface area contributed by atoms with E-state index in [1.807, 2.05) is 36.4 Å². The molecule has 110 valence electrons. The molecule has 0 radical (unpaired) electrons. The van der Waals surface area contributed by atoms with Crippen molar-refractivity contribution >= 4 is 11.3 Å². The van der Waals surface area contributed by atoms with Crippen LogP contribution >= 0.6 is 11.3 Å². The Morgan fingerprint density at radius 2 is 1.90 bits per heavy atom. The van der Waals surface area contributed by atoms with Crippen LogP contribution in [0.1, 0.15) is 21.7 Å². The van der Waals surface area contributed by atoms with Crippen molar-refractivity contribution in [1.82, 2.24) is 0 Å². The Morgan fingerprint density at radius 1 is 1.05 bits per heavy atom. The lowest BCUT2D eigenvalue weighted by atomic mass is 10.1. The summed E-state index contributed by atoms with van der Waals surface area (Å²) in [5.41, 5.74) is 1.01. The van der Waals surface area contributed by atoms with E-state index in [1.165, 1.54) is 0 Å². The largest absolute Gasteiger partial charge is 0.488 e. The Labute approximate surface area is 128 Å². The molecule has 2 aromatic rings. The topological polar surface area (TPSA) is 49.7 Å². The van der Waals surface area contributed by atoms with E-state index in [2.05, 4.69) is 11.8 Å². The van der Waals surface area contributed by atoms with E-state index in [9.17, 15) is 0 Å². The molecule has 0 aliphatic heterocycles.